The Bertz CT molecular complexity index is 811. The van der Waals surface area contributed by atoms with Crippen LogP contribution in [0.4, 0.5) is 0 Å². The predicted molar refractivity (Wildman–Crippen MR) is 87.7 cm³/mol. The Morgan fingerprint density at radius 3 is 2.46 bits per heavy atom. The third-order valence-electron chi connectivity index (χ3n) is 3.90. The first-order valence-corrected chi connectivity index (χ1v) is 8.76. The number of benzene rings is 1. The fourth-order valence-corrected chi connectivity index (χ4v) is 2.82. The molecule has 7 nitrogen and oxygen atoms in total. The van der Waals surface area contributed by atoms with Crippen molar-refractivity contribution in [2.75, 3.05) is 14.2 Å². The van der Waals surface area contributed by atoms with Gasteiger partial charge in [0.1, 0.15) is 11.3 Å². The second-order valence-electron chi connectivity index (χ2n) is 5.45. The smallest absolute Gasteiger partial charge is 0.341 e. The predicted octanol–water partition coefficient (Wildman–Crippen LogP) is 1.91. The van der Waals surface area contributed by atoms with Crippen LogP contribution in [0.5, 0.6) is 0 Å². The number of ether oxygens (including phenoxy) is 1. The van der Waals surface area contributed by atoms with Gasteiger partial charge in [-0.25, -0.2) is 18.4 Å². The summed E-state index contributed by atoms with van der Waals surface area (Å²) in [6, 6.07) is 7.91. The van der Waals surface area contributed by atoms with E-state index in [9.17, 15) is 13.2 Å². The van der Waals surface area contributed by atoms with Gasteiger partial charge in [-0.3, -0.25) is 4.90 Å². The molecule has 1 heterocycles. The number of furan rings is 1. The molecule has 0 aliphatic rings. The van der Waals surface area contributed by atoms with Crippen LogP contribution in [0.15, 0.2) is 45.9 Å². The molecule has 0 bridgehead atoms. The summed E-state index contributed by atoms with van der Waals surface area (Å²) in [6.45, 7) is 2.36. The molecule has 0 radical (unpaired) electrons. The van der Waals surface area contributed by atoms with Gasteiger partial charge in [0, 0.05) is 6.04 Å². The lowest BCUT2D eigenvalue weighted by atomic mass is 10.1. The van der Waals surface area contributed by atoms with Gasteiger partial charge >= 0.3 is 5.97 Å². The summed E-state index contributed by atoms with van der Waals surface area (Å²) in [5.41, 5.74) is 1.30. The minimum atomic E-state index is -3.70. The molecule has 0 aliphatic heterocycles. The lowest BCUT2D eigenvalue weighted by Crippen LogP contribution is -2.23. The number of carbonyl (C=O) groups excluding carboxylic acids is 1. The summed E-state index contributed by atoms with van der Waals surface area (Å²) in [5.74, 6) is 0.0645. The molecule has 0 spiro atoms. The second-order valence-corrected chi connectivity index (χ2v) is 7.02. The molecule has 1 aromatic carbocycles. The zero-order chi connectivity index (χ0) is 17.9. The van der Waals surface area contributed by atoms with Gasteiger partial charge in [-0.05, 0) is 37.7 Å². The average Bonchev–Trinajstić information content (AvgIpc) is 3.00. The Morgan fingerprint density at radius 2 is 1.92 bits per heavy atom. The summed E-state index contributed by atoms with van der Waals surface area (Å²) in [7, 11) is -0.510. The van der Waals surface area contributed by atoms with E-state index in [1.807, 2.05) is 18.9 Å². The van der Waals surface area contributed by atoms with Crippen LogP contribution in [0.2, 0.25) is 0 Å². The van der Waals surface area contributed by atoms with Gasteiger partial charge in [-0.1, -0.05) is 12.1 Å². The minimum Gasteiger partial charge on any atom is -0.467 e. The van der Waals surface area contributed by atoms with Crippen molar-refractivity contribution in [2.45, 2.75) is 24.4 Å². The standard InChI is InChI=1S/C16H20N2O5S/c1-11(12-4-6-13(7-5-12)24(17,20)21)18(2)10-15-14(8-9-23-15)16(19)22-3/h4-9,11H,10H2,1-3H3,(H2,17,20,21)/t11-/m0/s1. The van der Waals surface area contributed by atoms with E-state index in [1.165, 1.54) is 25.5 Å². The van der Waals surface area contributed by atoms with E-state index in [2.05, 4.69) is 0 Å². The van der Waals surface area contributed by atoms with Crippen molar-refractivity contribution >= 4 is 16.0 Å². The van der Waals surface area contributed by atoms with Gasteiger partial charge in [0.05, 0.1) is 24.8 Å². The molecule has 8 heteroatoms. The summed E-state index contributed by atoms with van der Waals surface area (Å²) in [4.78, 5) is 13.7. The van der Waals surface area contributed by atoms with E-state index in [0.29, 0.717) is 17.9 Å². The Morgan fingerprint density at radius 1 is 1.29 bits per heavy atom. The van der Waals surface area contributed by atoms with Crippen molar-refractivity contribution in [3.63, 3.8) is 0 Å². The van der Waals surface area contributed by atoms with Gasteiger partial charge in [0.15, 0.2) is 0 Å². The highest BCUT2D eigenvalue weighted by molar-refractivity contribution is 7.89. The van der Waals surface area contributed by atoms with Crippen LogP contribution in [0.25, 0.3) is 0 Å². The monoisotopic (exact) mass is 352 g/mol. The van der Waals surface area contributed by atoms with Crippen molar-refractivity contribution in [1.29, 1.82) is 0 Å². The van der Waals surface area contributed by atoms with Crippen LogP contribution in [0.1, 0.15) is 34.6 Å². The molecule has 0 amide bonds. The van der Waals surface area contributed by atoms with Crippen molar-refractivity contribution in [3.8, 4) is 0 Å². The first kappa shape index (κ1) is 18.2. The molecule has 0 saturated heterocycles. The molecule has 24 heavy (non-hydrogen) atoms. The van der Waals surface area contributed by atoms with Crippen LogP contribution < -0.4 is 5.14 Å². The van der Waals surface area contributed by atoms with E-state index >= 15 is 0 Å². The number of rotatable bonds is 6. The first-order chi connectivity index (χ1) is 11.2. The lowest BCUT2D eigenvalue weighted by Gasteiger charge is -2.24. The topological polar surface area (TPSA) is 103 Å². The number of sulfonamides is 1. The number of hydrogen-bond donors (Lipinski definition) is 1. The number of nitrogens with zero attached hydrogens (tertiary/aromatic N) is 1. The summed E-state index contributed by atoms with van der Waals surface area (Å²) in [6.07, 6.45) is 1.45. The van der Waals surface area contributed by atoms with Crippen molar-refractivity contribution in [2.24, 2.45) is 5.14 Å². The Labute approximate surface area is 141 Å². The number of hydrogen-bond acceptors (Lipinski definition) is 6. The summed E-state index contributed by atoms with van der Waals surface area (Å²) >= 11 is 0. The minimum absolute atomic E-state index is 0.0323. The molecule has 0 fully saturated rings. The van der Waals surface area contributed by atoms with Gasteiger partial charge in [0.25, 0.3) is 0 Å². The number of nitrogens with two attached hydrogens (primary N) is 1. The fourth-order valence-electron chi connectivity index (χ4n) is 2.31. The maximum absolute atomic E-state index is 11.7. The average molecular weight is 352 g/mol. The molecule has 1 aromatic heterocycles. The van der Waals surface area contributed by atoms with Gasteiger partial charge in [0.2, 0.25) is 10.0 Å². The normalized spacial score (nSPS) is 13.0. The van der Waals surface area contributed by atoms with Crippen molar-refractivity contribution in [3.05, 3.63) is 53.5 Å². The molecule has 0 saturated carbocycles. The highest BCUT2D eigenvalue weighted by atomic mass is 32.2. The van der Waals surface area contributed by atoms with Gasteiger partial charge < -0.3 is 9.15 Å². The quantitative estimate of drug-likeness (QED) is 0.797. The third kappa shape index (κ3) is 4.02. The molecular weight excluding hydrogens is 332 g/mol. The van der Waals surface area contributed by atoms with Crippen molar-refractivity contribution < 1.29 is 22.4 Å². The van der Waals surface area contributed by atoms with Crippen LogP contribution in [0.3, 0.4) is 0 Å². The molecule has 0 aliphatic carbocycles. The Balaban J connectivity index is 2.14. The van der Waals surface area contributed by atoms with E-state index in [-0.39, 0.29) is 10.9 Å². The van der Waals surface area contributed by atoms with E-state index in [1.54, 1.807) is 18.2 Å². The van der Waals surface area contributed by atoms with E-state index in [4.69, 9.17) is 14.3 Å². The Hall–Kier alpha value is -2.16. The lowest BCUT2D eigenvalue weighted by molar-refractivity contribution is 0.0596. The van der Waals surface area contributed by atoms with E-state index in [0.717, 1.165) is 5.56 Å². The number of carbonyl (C=O) groups is 1. The van der Waals surface area contributed by atoms with Crippen LogP contribution in [-0.4, -0.2) is 33.4 Å². The molecule has 2 aromatic rings. The molecule has 1 atom stereocenters. The second kappa shape index (κ2) is 7.16. The number of primary sulfonamides is 1. The third-order valence-corrected chi connectivity index (χ3v) is 4.83. The van der Waals surface area contributed by atoms with Crippen LogP contribution >= 0.6 is 0 Å². The Kier molecular flexibility index (Phi) is 5.43. The highest BCUT2D eigenvalue weighted by Crippen LogP contribution is 2.23. The zero-order valence-corrected chi connectivity index (χ0v) is 14.5. The van der Waals surface area contributed by atoms with Crippen LogP contribution in [0, 0.1) is 0 Å². The maximum Gasteiger partial charge on any atom is 0.341 e. The SMILES string of the molecule is COC(=O)c1ccoc1CN(C)[C@@H](C)c1ccc(S(N)(=O)=O)cc1. The molecule has 2 N–H and O–H groups in total. The van der Waals surface area contributed by atoms with Gasteiger partial charge in [-0.15, -0.1) is 0 Å². The van der Waals surface area contributed by atoms with Gasteiger partial charge in [-0.2, -0.15) is 0 Å². The van der Waals surface area contributed by atoms with Crippen molar-refractivity contribution in [1.82, 2.24) is 4.90 Å². The fraction of sp³-hybridized carbons (Fsp3) is 0.312. The zero-order valence-electron chi connectivity index (χ0n) is 13.7. The number of esters is 1. The first-order valence-electron chi connectivity index (χ1n) is 7.21. The van der Waals surface area contributed by atoms with E-state index < -0.39 is 16.0 Å². The molecular formula is C16H20N2O5S. The summed E-state index contributed by atoms with van der Waals surface area (Å²) < 4.78 is 32.7. The maximum atomic E-state index is 11.7. The summed E-state index contributed by atoms with van der Waals surface area (Å²) in [5, 5.41) is 5.10. The molecule has 0 unspecified atom stereocenters. The molecule has 2 rings (SSSR count). The molecule has 130 valence electrons. The highest BCUT2D eigenvalue weighted by Gasteiger charge is 2.20. The number of methoxy groups -OCH3 is 1. The van der Waals surface area contributed by atoms with Crippen LogP contribution in [-0.2, 0) is 21.3 Å². The largest absolute Gasteiger partial charge is 0.467 e.